The van der Waals surface area contributed by atoms with Crippen molar-refractivity contribution >= 4 is 23.2 Å². The Morgan fingerprint density at radius 2 is 1.90 bits per heavy atom. The van der Waals surface area contributed by atoms with Gasteiger partial charge in [-0.25, -0.2) is 14.4 Å². The topological polar surface area (TPSA) is 25.8 Å². The van der Waals surface area contributed by atoms with Gasteiger partial charge in [-0.15, -0.1) is 0 Å². The molecule has 0 fully saturated rings. The van der Waals surface area contributed by atoms with E-state index in [0.717, 1.165) is 0 Å². The van der Waals surface area contributed by atoms with Gasteiger partial charge in [0.15, 0.2) is 11.0 Å². The maximum atomic E-state index is 12.6. The highest BCUT2D eigenvalue weighted by molar-refractivity contribution is 6.31. The number of rotatable bonds is 0. The summed E-state index contributed by atoms with van der Waals surface area (Å²) in [4.78, 5) is 6.91. The van der Waals surface area contributed by atoms with Crippen molar-refractivity contribution in [3.05, 3.63) is 21.9 Å². The molecule has 0 amide bonds. The Morgan fingerprint density at radius 1 is 1.30 bits per heavy atom. The summed E-state index contributed by atoms with van der Waals surface area (Å²) in [6.45, 7) is 1.47. The summed E-state index contributed by atoms with van der Waals surface area (Å²) in [6.07, 6.45) is 0. The highest BCUT2D eigenvalue weighted by Gasteiger charge is 2.06. The molecule has 1 aromatic heterocycles. The molecule has 0 N–H and O–H groups in total. The van der Waals surface area contributed by atoms with Gasteiger partial charge < -0.3 is 0 Å². The van der Waals surface area contributed by atoms with Crippen LogP contribution in [0.3, 0.4) is 0 Å². The lowest BCUT2D eigenvalue weighted by atomic mass is 10.4. The van der Waals surface area contributed by atoms with Crippen LogP contribution in [0.2, 0.25) is 10.4 Å². The van der Waals surface area contributed by atoms with Gasteiger partial charge >= 0.3 is 0 Å². The molecule has 0 aliphatic heterocycles. The SMILES string of the molecule is Cc1nc(Cl)nc(Cl)c1F. The minimum atomic E-state index is -0.619. The predicted molar refractivity (Wildman–Crippen MR) is 36.7 cm³/mol. The molecule has 10 heavy (non-hydrogen) atoms. The zero-order valence-corrected chi connectivity index (χ0v) is 6.54. The fourth-order valence-electron chi connectivity index (χ4n) is 0.492. The van der Waals surface area contributed by atoms with Crippen molar-refractivity contribution in [3.8, 4) is 0 Å². The van der Waals surface area contributed by atoms with Crippen LogP contribution in [0.5, 0.6) is 0 Å². The molecule has 0 aromatic carbocycles. The lowest BCUT2D eigenvalue weighted by Crippen LogP contribution is -1.92. The second-order valence-corrected chi connectivity index (χ2v) is 2.38. The fourth-order valence-corrected chi connectivity index (χ4v) is 0.963. The summed E-state index contributed by atoms with van der Waals surface area (Å²) in [5.41, 5.74) is 0.157. The van der Waals surface area contributed by atoms with Gasteiger partial charge in [0, 0.05) is 0 Å². The minimum Gasteiger partial charge on any atom is -0.220 e. The number of aromatic nitrogens is 2. The van der Waals surface area contributed by atoms with E-state index in [2.05, 4.69) is 9.97 Å². The molecule has 0 aliphatic carbocycles. The molecule has 5 heteroatoms. The van der Waals surface area contributed by atoms with Crippen LogP contribution in [0.1, 0.15) is 5.69 Å². The summed E-state index contributed by atoms with van der Waals surface area (Å²) >= 11 is 10.7. The molecule has 0 saturated carbocycles. The Hall–Kier alpha value is -0.410. The molecule has 0 atom stereocenters. The van der Waals surface area contributed by atoms with Crippen LogP contribution in [0.15, 0.2) is 0 Å². The Labute approximate surface area is 67.0 Å². The highest BCUT2D eigenvalue weighted by Crippen LogP contribution is 2.15. The molecule has 1 heterocycles. The molecule has 2 nitrogen and oxygen atoms in total. The van der Waals surface area contributed by atoms with Crippen LogP contribution in [0.25, 0.3) is 0 Å². The molecule has 0 saturated heterocycles. The summed E-state index contributed by atoms with van der Waals surface area (Å²) in [5.74, 6) is -0.619. The van der Waals surface area contributed by atoms with Crippen molar-refractivity contribution in [3.63, 3.8) is 0 Å². The predicted octanol–water partition coefficient (Wildman–Crippen LogP) is 2.23. The van der Waals surface area contributed by atoms with Crippen LogP contribution in [0, 0.1) is 12.7 Å². The highest BCUT2D eigenvalue weighted by atomic mass is 35.5. The Balaban J connectivity index is 3.31. The van der Waals surface area contributed by atoms with Gasteiger partial charge in [-0.1, -0.05) is 11.6 Å². The van der Waals surface area contributed by atoms with Gasteiger partial charge in [-0.3, -0.25) is 0 Å². The lowest BCUT2D eigenvalue weighted by molar-refractivity contribution is 0.602. The molecule has 0 aliphatic rings. The third kappa shape index (κ3) is 1.36. The van der Waals surface area contributed by atoms with E-state index >= 15 is 0 Å². The van der Waals surface area contributed by atoms with E-state index in [1.54, 1.807) is 0 Å². The van der Waals surface area contributed by atoms with Crippen LogP contribution in [-0.4, -0.2) is 9.97 Å². The molecule has 0 bridgehead atoms. The van der Waals surface area contributed by atoms with E-state index in [1.165, 1.54) is 6.92 Å². The number of hydrogen-bond acceptors (Lipinski definition) is 2. The molecule has 1 rings (SSSR count). The van der Waals surface area contributed by atoms with Crippen molar-refractivity contribution in [2.24, 2.45) is 0 Å². The van der Waals surface area contributed by atoms with Crippen LogP contribution in [-0.2, 0) is 0 Å². The van der Waals surface area contributed by atoms with Gasteiger partial charge in [0.2, 0.25) is 5.28 Å². The van der Waals surface area contributed by atoms with Crippen molar-refractivity contribution in [2.75, 3.05) is 0 Å². The van der Waals surface area contributed by atoms with E-state index in [0.29, 0.717) is 0 Å². The zero-order valence-electron chi connectivity index (χ0n) is 5.03. The average molecular weight is 181 g/mol. The maximum Gasteiger partial charge on any atom is 0.224 e. The maximum absolute atomic E-state index is 12.6. The molecule has 1 aromatic rings. The number of nitrogens with zero attached hydrogens (tertiary/aromatic N) is 2. The minimum absolute atomic E-state index is 0.0381. The largest absolute Gasteiger partial charge is 0.224 e. The van der Waals surface area contributed by atoms with Gasteiger partial charge in [0.1, 0.15) is 0 Å². The summed E-state index contributed by atoms with van der Waals surface area (Å²) in [7, 11) is 0. The van der Waals surface area contributed by atoms with E-state index in [4.69, 9.17) is 23.2 Å². The second kappa shape index (κ2) is 2.68. The van der Waals surface area contributed by atoms with Gasteiger partial charge in [-0.05, 0) is 18.5 Å². The van der Waals surface area contributed by atoms with Gasteiger partial charge in [-0.2, -0.15) is 0 Å². The first-order valence-corrected chi connectivity index (χ1v) is 3.22. The molecule has 54 valence electrons. The van der Waals surface area contributed by atoms with Gasteiger partial charge in [0.25, 0.3) is 0 Å². The van der Waals surface area contributed by atoms with E-state index in [1.807, 2.05) is 0 Å². The van der Waals surface area contributed by atoms with Crippen molar-refractivity contribution in [2.45, 2.75) is 6.92 Å². The smallest absolute Gasteiger partial charge is 0.220 e. The Morgan fingerprint density at radius 3 is 2.40 bits per heavy atom. The van der Waals surface area contributed by atoms with Crippen molar-refractivity contribution < 1.29 is 4.39 Å². The van der Waals surface area contributed by atoms with Crippen LogP contribution < -0.4 is 0 Å². The Kier molecular flexibility index (Phi) is 2.06. The first-order chi connectivity index (χ1) is 4.61. The van der Waals surface area contributed by atoms with Crippen molar-refractivity contribution in [1.82, 2.24) is 9.97 Å². The third-order valence-corrected chi connectivity index (χ3v) is 1.37. The molecular formula is C5H3Cl2FN2. The Bertz CT molecular complexity index is 241. The average Bonchev–Trinajstić information content (AvgIpc) is 1.82. The summed E-state index contributed by atoms with van der Waals surface area (Å²) in [6, 6.07) is 0. The van der Waals surface area contributed by atoms with E-state index < -0.39 is 5.82 Å². The molecular weight excluding hydrogens is 178 g/mol. The van der Waals surface area contributed by atoms with E-state index in [9.17, 15) is 4.39 Å². The van der Waals surface area contributed by atoms with Crippen LogP contribution >= 0.6 is 23.2 Å². The molecule has 0 unspecified atom stereocenters. The monoisotopic (exact) mass is 180 g/mol. The number of aryl methyl sites for hydroxylation is 1. The van der Waals surface area contributed by atoms with E-state index in [-0.39, 0.29) is 16.1 Å². The second-order valence-electron chi connectivity index (χ2n) is 1.68. The quantitative estimate of drug-likeness (QED) is 0.453. The molecule has 0 spiro atoms. The number of halogens is 3. The standard InChI is InChI=1S/C5H3Cl2FN2/c1-2-3(8)4(6)10-5(7)9-2/h1H3. The fraction of sp³-hybridized carbons (Fsp3) is 0.200. The van der Waals surface area contributed by atoms with Gasteiger partial charge in [0.05, 0.1) is 5.69 Å². The lowest BCUT2D eigenvalue weighted by Gasteiger charge is -1.96. The summed E-state index contributed by atoms with van der Waals surface area (Å²) < 4.78 is 12.6. The summed E-state index contributed by atoms with van der Waals surface area (Å²) in [5, 5.41) is -0.276. The normalized spacial score (nSPS) is 10.0. The zero-order chi connectivity index (χ0) is 7.72. The first kappa shape index (κ1) is 7.69. The third-order valence-electron chi connectivity index (χ3n) is 0.949. The van der Waals surface area contributed by atoms with Crippen LogP contribution in [0.4, 0.5) is 4.39 Å². The molecule has 0 radical (unpaired) electrons. The first-order valence-electron chi connectivity index (χ1n) is 2.46. The van der Waals surface area contributed by atoms with Crippen molar-refractivity contribution in [1.29, 1.82) is 0 Å². The number of hydrogen-bond donors (Lipinski definition) is 0.